The first kappa shape index (κ1) is 21.2. The standard InChI is InChI=1S/C25H24FN9O/c1-28-19-5-13(26)4-16-15(19)6-20-21(16)24(35-9-17-18(10-35)22(17)27)32-25(31-20)36-14-3-12(7-29-8-14)23-33-30-11-34(23)2/h3-5,7-8,11,17-18,22,28H,6,9-10,27H2,1-2H3. The molecule has 2 aliphatic carbocycles. The van der Waals surface area contributed by atoms with E-state index >= 15 is 0 Å². The van der Waals surface area contributed by atoms with Gasteiger partial charge in [0, 0.05) is 62.7 Å². The van der Waals surface area contributed by atoms with Crippen LogP contribution in [0.4, 0.5) is 15.9 Å². The number of halogens is 1. The summed E-state index contributed by atoms with van der Waals surface area (Å²) < 4.78 is 22.5. The Morgan fingerprint density at radius 2 is 1.97 bits per heavy atom. The molecule has 2 unspecified atom stereocenters. The number of benzene rings is 1. The zero-order chi connectivity index (χ0) is 24.6. The summed E-state index contributed by atoms with van der Waals surface area (Å²) in [4.78, 5) is 16.1. The molecule has 7 rings (SSSR count). The number of rotatable bonds is 5. The molecular weight excluding hydrogens is 461 g/mol. The molecule has 2 fully saturated rings. The third kappa shape index (κ3) is 3.23. The Morgan fingerprint density at radius 1 is 1.14 bits per heavy atom. The van der Waals surface area contributed by atoms with Crippen LogP contribution in [0.25, 0.3) is 22.5 Å². The van der Waals surface area contributed by atoms with Gasteiger partial charge in [-0.2, -0.15) is 9.97 Å². The Labute approximate surface area is 206 Å². The third-order valence-electron chi connectivity index (χ3n) is 7.49. The van der Waals surface area contributed by atoms with E-state index in [0.29, 0.717) is 29.8 Å². The van der Waals surface area contributed by atoms with Crippen molar-refractivity contribution in [2.24, 2.45) is 24.6 Å². The second kappa shape index (κ2) is 7.69. The Hall–Kier alpha value is -4.12. The normalized spacial score (nSPS) is 21.2. The lowest BCUT2D eigenvalue weighted by molar-refractivity contribution is 0.438. The van der Waals surface area contributed by atoms with E-state index in [9.17, 15) is 4.39 Å². The Kier molecular flexibility index (Phi) is 4.53. The van der Waals surface area contributed by atoms with E-state index in [0.717, 1.165) is 52.5 Å². The predicted octanol–water partition coefficient (Wildman–Crippen LogP) is 2.60. The number of piperidine rings is 1. The SMILES string of the molecule is CNc1cc(F)cc2c1Cc1nc(Oc3cncc(-c4nncn4C)c3)nc(N3CC4C(N)C4C3)c1-2. The van der Waals surface area contributed by atoms with Crippen molar-refractivity contribution < 1.29 is 9.13 Å². The smallest absolute Gasteiger partial charge is 0.324 e. The number of hydrogen-bond donors (Lipinski definition) is 2. The summed E-state index contributed by atoms with van der Waals surface area (Å²) in [7, 11) is 3.66. The summed E-state index contributed by atoms with van der Waals surface area (Å²) in [6.07, 6.45) is 5.51. The second-order valence-electron chi connectivity index (χ2n) is 9.64. The van der Waals surface area contributed by atoms with Gasteiger partial charge in [-0.25, -0.2) is 4.39 Å². The number of fused-ring (bicyclic) bond motifs is 4. The van der Waals surface area contributed by atoms with Crippen LogP contribution < -0.4 is 20.7 Å². The average molecular weight is 486 g/mol. The van der Waals surface area contributed by atoms with Crippen molar-refractivity contribution in [2.75, 3.05) is 30.4 Å². The largest absolute Gasteiger partial charge is 0.423 e. The number of nitrogens with one attached hydrogen (secondary N) is 1. The van der Waals surface area contributed by atoms with Crippen molar-refractivity contribution >= 4 is 11.5 Å². The lowest BCUT2D eigenvalue weighted by Gasteiger charge is -2.23. The molecule has 3 aliphatic rings. The van der Waals surface area contributed by atoms with Gasteiger partial charge in [0.05, 0.1) is 11.9 Å². The summed E-state index contributed by atoms with van der Waals surface area (Å²) in [6.45, 7) is 1.64. The zero-order valence-corrected chi connectivity index (χ0v) is 19.8. The molecule has 0 bridgehead atoms. The number of ether oxygens (including phenoxy) is 1. The zero-order valence-electron chi connectivity index (χ0n) is 19.8. The fraction of sp³-hybridized carbons (Fsp3) is 0.320. The van der Waals surface area contributed by atoms with Gasteiger partial charge in [-0.05, 0) is 41.2 Å². The number of nitrogens with zero attached hydrogens (tertiary/aromatic N) is 7. The van der Waals surface area contributed by atoms with Gasteiger partial charge in [-0.3, -0.25) is 4.98 Å². The second-order valence-corrected chi connectivity index (χ2v) is 9.64. The van der Waals surface area contributed by atoms with E-state index in [1.807, 2.05) is 17.7 Å². The molecule has 0 radical (unpaired) electrons. The van der Waals surface area contributed by atoms with Crippen molar-refractivity contribution in [3.63, 3.8) is 0 Å². The van der Waals surface area contributed by atoms with Gasteiger partial charge in [0.1, 0.15) is 23.7 Å². The lowest BCUT2D eigenvalue weighted by Crippen LogP contribution is -2.29. The molecule has 4 heterocycles. The molecule has 1 saturated carbocycles. The van der Waals surface area contributed by atoms with Crippen molar-refractivity contribution in [1.29, 1.82) is 0 Å². The van der Waals surface area contributed by atoms with Gasteiger partial charge in [0.15, 0.2) is 5.82 Å². The van der Waals surface area contributed by atoms with Crippen molar-refractivity contribution in [1.82, 2.24) is 29.7 Å². The van der Waals surface area contributed by atoms with E-state index in [4.69, 9.17) is 20.4 Å². The van der Waals surface area contributed by atoms with Crippen LogP contribution in [0.3, 0.4) is 0 Å². The number of nitrogens with two attached hydrogens (primary N) is 1. The van der Waals surface area contributed by atoms with Crippen LogP contribution in [-0.2, 0) is 13.5 Å². The molecule has 2 atom stereocenters. The maximum Gasteiger partial charge on any atom is 0.324 e. The summed E-state index contributed by atoms with van der Waals surface area (Å²) in [6, 6.07) is 5.40. The number of aryl methyl sites for hydroxylation is 1. The van der Waals surface area contributed by atoms with Gasteiger partial charge >= 0.3 is 6.01 Å². The van der Waals surface area contributed by atoms with Crippen molar-refractivity contribution in [2.45, 2.75) is 12.5 Å². The van der Waals surface area contributed by atoms with Gasteiger partial charge in [-0.1, -0.05) is 0 Å². The minimum absolute atomic E-state index is 0.227. The highest BCUT2D eigenvalue weighted by molar-refractivity contribution is 5.88. The highest BCUT2D eigenvalue weighted by atomic mass is 19.1. The minimum Gasteiger partial charge on any atom is -0.423 e. The fourth-order valence-electron chi connectivity index (χ4n) is 5.58. The van der Waals surface area contributed by atoms with Gasteiger partial charge < -0.3 is 25.3 Å². The minimum atomic E-state index is -0.296. The summed E-state index contributed by atoms with van der Waals surface area (Å²) in [5, 5.41) is 11.2. The Bertz CT molecular complexity index is 1510. The van der Waals surface area contributed by atoms with E-state index in [1.54, 1.807) is 31.8 Å². The summed E-state index contributed by atoms with van der Waals surface area (Å²) >= 11 is 0. The molecule has 0 amide bonds. The molecule has 1 aromatic carbocycles. The number of aromatic nitrogens is 6. The van der Waals surface area contributed by atoms with Crippen LogP contribution in [0, 0.1) is 17.7 Å². The quantitative estimate of drug-likeness (QED) is 0.387. The molecule has 3 N–H and O–H groups in total. The topological polar surface area (TPSA) is 120 Å². The molecular formula is C25H24FN9O. The van der Waals surface area contributed by atoms with Gasteiger partial charge in [0.25, 0.3) is 0 Å². The van der Waals surface area contributed by atoms with E-state index < -0.39 is 0 Å². The van der Waals surface area contributed by atoms with Gasteiger partial charge in [0.2, 0.25) is 0 Å². The molecule has 0 spiro atoms. The van der Waals surface area contributed by atoms with Crippen molar-refractivity contribution in [3.05, 3.63) is 54.0 Å². The van der Waals surface area contributed by atoms with Crippen LogP contribution in [0.15, 0.2) is 36.9 Å². The Morgan fingerprint density at radius 3 is 2.72 bits per heavy atom. The number of pyridine rings is 1. The summed E-state index contributed by atoms with van der Waals surface area (Å²) in [5.41, 5.74) is 11.2. The van der Waals surface area contributed by atoms with Crippen LogP contribution in [-0.4, -0.2) is 55.9 Å². The first-order valence-corrected chi connectivity index (χ1v) is 11.9. The molecule has 36 heavy (non-hydrogen) atoms. The first-order valence-electron chi connectivity index (χ1n) is 11.9. The van der Waals surface area contributed by atoms with E-state index in [1.165, 1.54) is 6.07 Å². The highest BCUT2D eigenvalue weighted by Crippen LogP contribution is 2.50. The van der Waals surface area contributed by atoms with Gasteiger partial charge in [-0.15, -0.1) is 10.2 Å². The fourth-order valence-corrected chi connectivity index (χ4v) is 5.58. The third-order valence-corrected chi connectivity index (χ3v) is 7.49. The molecule has 1 aliphatic heterocycles. The molecule has 4 aromatic rings. The molecule has 11 heteroatoms. The lowest BCUT2D eigenvalue weighted by atomic mass is 10.0. The van der Waals surface area contributed by atoms with Crippen LogP contribution in [0.1, 0.15) is 11.3 Å². The predicted molar refractivity (Wildman–Crippen MR) is 131 cm³/mol. The molecule has 10 nitrogen and oxygen atoms in total. The maximum atomic E-state index is 14.5. The van der Waals surface area contributed by atoms with Crippen LogP contribution >= 0.6 is 0 Å². The number of anilines is 2. The van der Waals surface area contributed by atoms with E-state index in [-0.39, 0.29) is 17.9 Å². The monoisotopic (exact) mass is 485 g/mol. The van der Waals surface area contributed by atoms with Crippen molar-refractivity contribution in [3.8, 4) is 34.3 Å². The Balaban J connectivity index is 1.30. The molecule has 1 saturated heterocycles. The first-order chi connectivity index (χ1) is 17.5. The average Bonchev–Trinajstić information content (AvgIpc) is 3.33. The summed E-state index contributed by atoms with van der Waals surface area (Å²) in [5.74, 6) is 2.56. The maximum absolute atomic E-state index is 14.5. The molecule has 3 aromatic heterocycles. The van der Waals surface area contributed by atoms with E-state index in [2.05, 4.69) is 25.4 Å². The van der Waals surface area contributed by atoms with Crippen LogP contribution in [0.5, 0.6) is 11.8 Å². The van der Waals surface area contributed by atoms with Crippen LogP contribution in [0.2, 0.25) is 0 Å². The molecule has 182 valence electrons. The highest BCUT2D eigenvalue weighted by Gasteiger charge is 2.54. The number of hydrogen-bond acceptors (Lipinski definition) is 9.